The van der Waals surface area contributed by atoms with Crippen LogP contribution in [0.5, 0.6) is 0 Å². The molecular formula is C14H12ClN3O4S. The summed E-state index contributed by atoms with van der Waals surface area (Å²) in [5.74, 6) is -1.23. The molecule has 0 saturated carbocycles. The van der Waals surface area contributed by atoms with Gasteiger partial charge in [0, 0.05) is 11.1 Å². The van der Waals surface area contributed by atoms with Crippen molar-refractivity contribution in [1.82, 2.24) is 10.9 Å². The number of nitrogens with two attached hydrogens (primary N) is 1. The maximum Gasteiger partial charge on any atom is 0.269 e. The predicted octanol–water partition coefficient (Wildman–Crippen LogP) is 1.06. The first-order chi connectivity index (χ1) is 10.8. The molecule has 9 heteroatoms. The molecule has 0 heterocycles. The molecule has 0 bridgehead atoms. The van der Waals surface area contributed by atoms with Crippen molar-refractivity contribution in [1.29, 1.82) is 0 Å². The van der Waals surface area contributed by atoms with E-state index in [1.54, 1.807) is 30.3 Å². The van der Waals surface area contributed by atoms with Gasteiger partial charge in [0.1, 0.15) is 4.90 Å². The largest absolute Gasteiger partial charge is 0.269 e. The molecule has 0 aromatic heterocycles. The van der Waals surface area contributed by atoms with Crippen LogP contribution < -0.4 is 16.0 Å². The summed E-state index contributed by atoms with van der Waals surface area (Å²) >= 11 is 5.73. The lowest BCUT2D eigenvalue weighted by molar-refractivity contribution is 0.0846. The number of carbonyl (C=O) groups excluding carboxylic acids is 2. The molecule has 4 N–H and O–H groups in total. The van der Waals surface area contributed by atoms with Gasteiger partial charge in [0.15, 0.2) is 0 Å². The van der Waals surface area contributed by atoms with E-state index >= 15 is 0 Å². The first kappa shape index (κ1) is 16.9. The molecule has 120 valence electrons. The third-order valence-electron chi connectivity index (χ3n) is 2.83. The van der Waals surface area contributed by atoms with Crippen molar-refractivity contribution < 1.29 is 18.0 Å². The van der Waals surface area contributed by atoms with E-state index in [4.69, 9.17) is 16.7 Å². The number of benzene rings is 2. The van der Waals surface area contributed by atoms with Gasteiger partial charge in [0.05, 0.1) is 5.02 Å². The fourth-order valence-electron chi connectivity index (χ4n) is 1.71. The molecule has 23 heavy (non-hydrogen) atoms. The molecule has 2 rings (SSSR count). The minimum Gasteiger partial charge on any atom is -0.267 e. The monoisotopic (exact) mass is 353 g/mol. The normalized spacial score (nSPS) is 10.9. The topological polar surface area (TPSA) is 118 Å². The molecule has 2 amide bonds. The van der Waals surface area contributed by atoms with Crippen molar-refractivity contribution in [2.45, 2.75) is 4.90 Å². The third kappa shape index (κ3) is 4.28. The zero-order valence-corrected chi connectivity index (χ0v) is 13.2. The van der Waals surface area contributed by atoms with Crippen LogP contribution in [0.15, 0.2) is 53.4 Å². The van der Waals surface area contributed by atoms with Gasteiger partial charge in [-0.15, -0.1) is 0 Å². The molecule has 0 fully saturated rings. The Labute approximate surface area is 137 Å². The van der Waals surface area contributed by atoms with Gasteiger partial charge < -0.3 is 0 Å². The summed E-state index contributed by atoms with van der Waals surface area (Å²) in [6.45, 7) is 0. The van der Waals surface area contributed by atoms with E-state index in [-0.39, 0.29) is 15.5 Å². The Morgan fingerprint density at radius 3 is 2.04 bits per heavy atom. The van der Waals surface area contributed by atoms with E-state index in [2.05, 4.69) is 10.9 Å². The van der Waals surface area contributed by atoms with Gasteiger partial charge in [-0.2, -0.15) is 0 Å². The lowest BCUT2D eigenvalue weighted by Gasteiger charge is -2.09. The van der Waals surface area contributed by atoms with Crippen molar-refractivity contribution in [3.8, 4) is 0 Å². The number of hydrazine groups is 1. The lowest BCUT2D eigenvalue weighted by atomic mass is 10.2. The summed E-state index contributed by atoms with van der Waals surface area (Å²) in [5, 5.41) is 4.91. The number of amides is 2. The van der Waals surface area contributed by atoms with E-state index in [0.717, 1.165) is 6.07 Å². The highest BCUT2D eigenvalue weighted by Crippen LogP contribution is 2.21. The van der Waals surface area contributed by atoms with Gasteiger partial charge in [0.2, 0.25) is 10.0 Å². The summed E-state index contributed by atoms with van der Waals surface area (Å²) in [7, 11) is -4.06. The second-order valence-corrected chi connectivity index (χ2v) is 6.40. The van der Waals surface area contributed by atoms with Crippen LogP contribution in [0, 0.1) is 0 Å². The van der Waals surface area contributed by atoms with Gasteiger partial charge in [-0.25, -0.2) is 13.6 Å². The Kier molecular flexibility index (Phi) is 4.99. The minimum absolute atomic E-state index is 0.0215. The zero-order valence-electron chi connectivity index (χ0n) is 11.6. The Hall–Kier alpha value is -2.42. The van der Waals surface area contributed by atoms with Crippen molar-refractivity contribution in [2.24, 2.45) is 5.14 Å². The molecule has 0 spiro atoms. The Balaban J connectivity index is 2.11. The molecular weight excluding hydrogens is 342 g/mol. The Morgan fingerprint density at radius 1 is 0.913 bits per heavy atom. The number of nitrogens with one attached hydrogen (secondary N) is 2. The van der Waals surface area contributed by atoms with E-state index in [1.165, 1.54) is 12.1 Å². The van der Waals surface area contributed by atoms with E-state index in [1.807, 2.05) is 0 Å². The maximum absolute atomic E-state index is 12.0. The third-order valence-corrected chi connectivity index (χ3v) is 4.22. The van der Waals surface area contributed by atoms with Crippen LogP contribution in [0.4, 0.5) is 0 Å². The van der Waals surface area contributed by atoms with Gasteiger partial charge in [-0.1, -0.05) is 29.8 Å². The SMILES string of the molecule is NS(=O)(=O)c1cc(C(=O)NNC(=O)c2ccccc2)ccc1Cl. The Bertz CT molecular complexity index is 854. The van der Waals surface area contributed by atoms with Gasteiger partial charge in [0.25, 0.3) is 11.8 Å². The number of rotatable bonds is 3. The molecule has 0 radical (unpaired) electrons. The number of sulfonamides is 1. The van der Waals surface area contributed by atoms with Crippen LogP contribution in [0.2, 0.25) is 5.02 Å². The van der Waals surface area contributed by atoms with Crippen molar-refractivity contribution >= 4 is 33.4 Å². The average Bonchev–Trinajstić information content (AvgIpc) is 2.52. The summed E-state index contributed by atoms with van der Waals surface area (Å²) in [5.41, 5.74) is 4.73. The fraction of sp³-hybridized carbons (Fsp3) is 0. The molecule has 0 aliphatic rings. The quantitative estimate of drug-likeness (QED) is 0.715. The molecule has 0 atom stereocenters. The van der Waals surface area contributed by atoms with Crippen LogP contribution >= 0.6 is 11.6 Å². The highest BCUT2D eigenvalue weighted by molar-refractivity contribution is 7.89. The van der Waals surface area contributed by atoms with Crippen molar-refractivity contribution in [2.75, 3.05) is 0 Å². The molecule has 7 nitrogen and oxygen atoms in total. The zero-order chi connectivity index (χ0) is 17.0. The second-order valence-electron chi connectivity index (χ2n) is 4.46. The van der Waals surface area contributed by atoms with Gasteiger partial charge in [-0.05, 0) is 30.3 Å². The summed E-state index contributed by atoms with van der Waals surface area (Å²) < 4.78 is 22.7. The summed E-state index contributed by atoms with van der Waals surface area (Å²) in [6.07, 6.45) is 0. The van der Waals surface area contributed by atoms with E-state index in [9.17, 15) is 18.0 Å². The molecule has 0 aliphatic carbocycles. The smallest absolute Gasteiger partial charge is 0.267 e. The first-order valence-electron chi connectivity index (χ1n) is 6.27. The molecule has 0 unspecified atom stereocenters. The van der Waals surface area contributed by atoms with E-state index in [0.29, 0.717) is 5.56 Å². The standard InChI is InChI=1S/C14H12ClN3O4S/c15-11-7-6-10(8-12(11)23(16,21)22)14(20)18-17-13(19)9-4-2-1-3-5-9/h1-8H,(H,17,19)(H,18,20)(H2,16,21,22). The predicted molar refractivity (Wildman–Crippen MR) is 84.2 cm³/mol. The molecule has 2 aromatic carbocycles. The molecule has 2 aromatic rings. The van der Waals surface area contributed by atoms with Gasteiger partial charge >= 0.3 is 0 Å². The highest BCUT2D eigenvalue weighted by atomic mass is 35.5. The van der Waals surface area contributed by atoms with Crippen LogP contribution in [0.25, 0.3) is 0 Å². The van der Waals surface area contributed by atoms with Crippen LogP contribution in [0.1, 0.15) is 20.7 Å². The Morgan fingerprint density at radius 2 is 1.48 bits per heavy atom. The van der Waals surface area contributed by atoms with Crippen molar-refractivity contribution in [3.05, 3.63) is 64.7 Å². The summed E-state index contributed by atoms with van der Waals surface area (Å²) in [6, 6.07) is 11.8. The second kappa shape index (κ2) is 6.78. The van der Waals surface area contributed by atoms with Gasteiger partial charge in [-0.3, -0.25) is 20.4 Å². The number of hydrogen-bond acceptors (Lipinski definition) is 4. The minimum atomic E-state index is -4.06. The number of halogens is 1. The number of primary sulfonamides is 1. The van der Waals surface area contributed by atoms with Crippen molar-refractivity contribution in [3.63, 3.8) is 0 Å². The number of carbonyl (C=O) groups is 2. The first-order valence-corrected chi connectivity index (χ1v) is 8.19. The molecule has 0 saturated heterocycles. The number of hydrogen-bond donors (Lipinski definition) is 3. The van der Waals surface area contributed by atoms with Crippen LogP contribution in [-0.4, -0.2) is 20.2 Å². The summed E-state index contributed by atoms with van der Waals surface area (Å²) in [4.78, 5) is 23.4. The maximum atomic E-state index is 12.0. The lowest BCUT2D eigenvalue weighted by Crippen LogP contribution is -2.41. The molecule has 0 aliphatic heterocycles. The van der Waals surface area contributed by atoms with Crippen LogP contribution in [-0.2, 0) is 10.0 Å². The average molecular weight is 354 g/mol. The highest BCUT2D eigenvalue weighted by Gasteiger charge is 2.16. The van der Waals surface area contributed by atoms with E-state index < -0.39 is 21.8 Å². The van der Waals surface area contributed by atoms with Crippen LogP contribution in [0.3, 0.4) is 0 Å². The fourth-order valence-corrected chi connectivity index (χ4v) is 2.78.